The van der Waals surface area contributed by atoms with E-state index in [1.807, 2.05) is 11.8 Å². The number of hydrogen-bond donors (Lipinski definition) is 1. The summed E-state index contributed by atoms with van der Waals surface area (Å²) in [6.45, 7) is 0.609. The van der Waals surface area contributed by atoms with Crippen LogP contribution >= 0.6 is 11.8 Å². The third-order valence-corrected chi connectivity index (χ3v) is 6.56. The van der Waals surface area contributed by atoms with Crippen LogP contribution in [0.3, 0.4) is 0 Å². The summed E-state index contributed by atoms with van der Waals surface area (Å²) in [6.07, 6.45) is 11.0. The molecule has 1 spiro atoms. The quantitative estimate of drug-likeness (QED) is 0.851. The van der Waals surface area contributed by atoms with Crippen LogP contribution in [0.25, 0.3) is 0 Å². The van der Waals surface area contributed by atoms with Crippen LogP contribution in [-0.4, -0.2) is 46.3 Å². The highest BCUT2D eigenvalue weighted by Gasteiger charge is 2.47. The van der Waals surface area contributed by atoms with Crippen LogP contribution < -0.4 is 5.32 Å². The molecule has 0 bridgehead atoms. The van der Waals surface area contributed by atoms with E-state index in [0.717, 1.165) is 38.5 Å². The summed E-state index contributed by atoms with van der Waals surface area (Å²) in [5, 5.41) is 3.77. The molecule has 1 aliphatic heterocycles. The highest BCUT2D eigenvalue weighted by atomic mass is 32.2. The summed E-state index contributed by atoms with van der Waals surface area (Å²) in [5.41, 5.74) is -0.580. The molecule has 2 aliphatic carbocycles. The Morgan fingerprint density at radius 1 is 1.19 bits per heavy atom. The molecule has 1 heterocycles. The smallest absolute Gasteiger partial charge is 0.248 e. The molecule has 2 amide bonds. The molecule has 2 atom stereocenters. The lowest BCUT2D eigenvalue weighted by molar-refractivity contribution is -0.142. The molecule has 2 saturated carbocycles. The maximum atomic E-state index is 13.2. The van der Waals surface area contributed by atoms with Crippen LogP contribution in [0.1, 0.15) is 57.8 Å². The van der Waals surface area contributed by atoms with Gasteiger partial charge in [-0.25, -0.2) is 0 Å². The number of hydrogen-bond acceptors (Lipinski definition) is 3. The summed E-state index contributed by atoms with van der Waals surface area (Å²) in [6, 6.07) is 0.349. The topological polar surface area (TPSA) is 49.4 Å². The van der Waals surface area contributed by atoms with Crippen molar-refractivity contribution >= 4 is 23.6 Å². The van der Waals surface area contributed by atoms with Crippen molar-refractivity contribution in [2.75, 3.05) is 12.8 Å². The van der Waals surface area contributed by atoms with Gasteiger partial charge in [-0.15, -0.1) is 0 Å². The zero-order valence-corrected chi connectivity index (χ0v) is 13.7. The SMILES string of the molecule is CSC1CCC(N2CCC(=O)NC3(CCCCC3)C2=O)C1. The lowest BCUT2D eigenvalue weighted by Crippen LogP contribution is -2.59. The van der Waals surface area contributed by atoms with Crippen molar-refractivity contribution in [3.8, 4) is 0 Å². The number of nitrogens with one attached hydrogen (secondary N) is 1. The molecule has 1 N–H and O–H groups in total. The van der Waals surface area contributed by atoms with Gasteiger partial charge in [0.1, 0.15) is 5.54 Å². The van der Waals surface area contributed by atoms with Gasteiger partial charge in [0, 0.05) is 24.3 Å². The summed E-state index contributed by atoms with van der Waals surface area (Å²) in [4.78, 5) is 27.3. The molecule has 2 unspecified atom stereocenters. The summed E-state index contributed by atoms with van der Waals surface area (Å²) < 4.78 is 0. The Labute approximate surface area is 131 Å². The monoisotopic (exact) mass is 310 g/mol. The summed E-state index contributed by atoms with van der Waals surface area (Å²) in [7, 11) is 0. The minimum absolute atomic E-state index is 0.0622. The van der Waals surface area contributed by atoms with Crippen LogP contribution in [0.15, 0.2) is 0 Å². The molecule has 0 radical (unpaired) electrons. The first-order valence-corrected chi connectivity index (χ1v) is 9.58. The molecule has 0 aromatic rings. The number of amides is 2. The van der Waals surface area contributed by atoms with Crippen molar-refractivity contribution in [2.24, 2.45) is 0 Å². The minimum Gasteiger partial charge on any atom is -0.342 e. The molecule has 1 saturated heterocycles. The van der Waals surface area contributed by atoms with Crippen LogP contribution in [0.4, 0.5) is 0 Å². The number of rotatable bonds is 2. The highest BCUT2D eigenvalue weighted by Crippen LogP contribution is 2.36. The Morgan fingerprint density at radius 3 is 2.62 bits per heavy atom. The Balaban J connectivity index is 1.80. The molecular formula is C16H26N2O2S. The zero-order valence-electron chi connectivity index (χ0n) is 12.9. The third kappa shape index (κ3) is 2.94. The van der Waals surface area contributed by atoms with Gasteiger partial charge < -0.3 is 10.2 Å². The maximum Gasteiger partial charge on any atom is 0.248 e. The van der Waals surface area contributed by atoms with Crippen molar-refractivity contribution in [2.45, 2.75) is 74.6 Å². The van der Waals surface area contributed by atoms with E-state index in [4.69, 9.17) is 0 Å². The van der Waals surface area contributed by atoms with Crippen LogP contribution in [0.5, 0.6) is 0 Å². The maximum absolute atomic E-state index is 13.2. The average molecular weight is 310 g/mol. The molecule has 0 aromatic heterocycles. The van der Waals surface area contributed by atoms with E-state index < -0.39 is 5.54 Å². The molecule has 3 rings (SSSR count). The fourth-order valence-electron chi connectivity index (χ4n) is 4.24. The van der Waals surface area contributed by atoms with E-state index in [-0.39, 0.29) is 11.8 Å². The number of thioether (sulfide) groups is 1. The molecule has 3 aliphatic rings. The first-order valence-electron chi connectivity index (χ1n) is 8.29. The fourth-order valence-corrected chi connectivity index (χ4v) is 5.02. The van der Waals surface area contributed by atoms with Gasteiger partial charge >= 0.3 is 0 Å². The first kappa shape index (κ1) is 15.2. The average Bonchev–Trinajstić information content (AvgIpc) is 2.93. The van der Waals surface area contributed by atoms with Crippen molar-refractivity contribution in [1.29, 1.82) is 0 Å². The Kier molecular flexibility index (Phi) is 4.48. The van der Waals surface area contributed by atoms with E-state index in [1.165, 1.54) is 12.8 Å². The lowest BCUT2D eigenvalue weighted by atomic mass is 9.80. The van der Waals surface area contributed by atoms with E-state index in [1.54, 1.807) is 0 Å². The predicted octanol–water partition coefficient (Wildman–Crippen LogP) is 2.32. The molecule has 21 heavy (non-hydrogen) atoms. The van der Waals surface area contributed by atoms with Gasteiger partial charge in [-0.2, -0.15) is 11.8 Å². The van der Waals surface area contributed by atoms with E-state index >= 15 is 0 Å². The minimum atomic E-state index is -0.580. The van der Waals surface area contributed by atoms with Gasteiger partial charge in [0.05, 0.1) is 0 Å². The largest absolute Gasteiger partial charge is 0.342 e. The van der Waals surface area contributed by atoms with E-state index in [0.29, 0.717) is 24.3 Å². The fraction of sp³-hybridized carbons (Fsp3) is 0.875. The van der Waals surface area contributed by atoms with Crippen molar-refractivity contribution < 1.29 is 9.59 Å². The van der Waals surface area contributed by atoms with Gasteiger partial charge in [0.2, 0.25) is 11.8 Å². The van der Waals surface area contributed by atoms with Gasteiger partial charge in [0.25, 0.3) is 0 Å². The Morgan fingerprint density at radius 2 is 1.95 bits per heavy atom. The van der Waals surface area contributed by atoms with Crippen LogP contribution in [-0.2, 0) is 9.59 Å². The van der Waals surface area contributed by atoms with E-state index in [9.17, 15) is 9.59 Å². The second kappa shape index (κ2) is 6.19. The van der Waals surface area contributed by atoms with Gasteiger partial charge in [-0.1, -0.05) is 19.3 Å². The van der Waals surface area contributed by atoms with E-state index in [2.05, 4.69) is 16.5 Å². The molecule has 5 heteroatoms. The molecule has 3 fully saturated rings. The highest BCUT2D eigenvalue weighted by molar-refractivity contribution is 7.99. The standard InChI is InChI=1S/C16H26N2O2S/c1-21-13-6-5-12(11-13)18-10-7-14(19)17-16(15(18)20)8-3-2-4-9-16/h12-13H,2-11H2,1H3,(H,17,19). The summed E-state index contributed by atoms with van der Waals surface area (Å²) >= 11 is 1.91. The first-order chi connectivity index (χ1) is 10.1. The lowest BCUT2D eigenvalue weighted by Gasteiger charge is -2.40. The second-order valence-electron chi connectivity index (χ2n) is 6.76. The molecule has 118 valence electrons. The molecule has 4 nitrogen and oxygen atoms in total. The van der Waals surface area contributed by atoms with Crippen molar-refractivity contribution in [3.05, 3.63) is 0 Å². The molecular weight excluding hydrogens is 284 g/mol. The van der Waals surface area contributed by atoms with Crippen molar-refractivity contribution in [1.82, 2.24) is 10.2 Å². The van der Waals surface area contributed by atoms with Gasteiger partial charge in [-0.3, -0.25) is 9.59 Å². The van der Waals surface area contributed by atoms with Gasteiger partial charge in [-0.05, 0) is 38.4 Å². The zero-order chi connectivity index (χ0) is 14.9. The van der Waals surface area contributed by atoms with Gasteiger partial charge in [0.15, 0.2) is 0 Å². The second-order valence-corrected chi connectivity index (χ2v) is 7.90. The third-order valence-electron chi connectivity index (χ3n) is 5.47. The number of carbonyl (C=O) groups excluding carboxylic acids is 2. The summed E-state index contributed by atoms with van der Waals surface area (Å²) in [5.74, 6) is 0.270. The molecule has 0 aromatic carbocycles. The van der Waals surface area contributed by atoms with Crippen LogP contribution in [0.2, 0.25) is 0 Å². The number of nitrogens with zero attached hydrogens (tertiary/aromatic N) is 1. The van der Waals surface area contributed by atoms with Crippen molar-refractivity contribution in [3.63, 3.8) is 0 Å². The van der Waals surface area contributed by atoms with Crippen LogP contribution in [0, 0.1) is 0 Å². The number of carbonyl (C=O) groups is 2. The Bertz CT molecular complexity index is 421. The predicted molar refractivity (Wildman–Crippen MR) is 85.2 cm³/mol. The Hall–Kier alpha value is -0.710. The normalized spacial score (nSPS) is 33.1.